The Kier molecular flexibility index (Phi) is 7.37. The van der Waals surface area contributed by atoms with Gasteiger partial charge in [0.25, 0.3) is 0 Å². The third-order valence-corrected chi connectivity index (χ3v) is 5.72. The van der Waals surface area contributed by atoms with Gasteiger partial charge in [-0.15, -0.1) is 0 Å². The van der Waals surface area contributed by atoms with Gasteiger partial charge in [0.1, 0.15) is 0 Å². The van der Waals surface area contributed by atoms with Crippen LogP contribution < -0.4 is 0 Å². The Labute approximate surface area is 142 Å². The third-order valence-electron chi connectivity index (χ3n) is 5.72. The lowest BCUT2D eigenvalue weighted by Gasteiger charge is -2.39. The van der Waals surface area contributed by atoms with Crippen LogP contribution >= 0.6 is 0 Å². The summed E-state index contributed by atoms with van der Waals surface area (Å²) in [6.07, 6.45) is 8.29. The lowest BCUT2D eigenvalue weighted by Crippen LogP contribution is -2.39. The molecule has 0 saturated heterocycles. The summed E-state index contributed by atoms with van der Waals surface area (Å²) in [5, 5.41) is 20.5. The van der Waals surface area contributed by atoms with Crippen LogP contribution in [0.5, 0.6) is 0 Å². The molecule has 0 spiro atoms. The largest absolute Gasteiger partial charge is 0.393 e. The quantitative estimate of drug-likeness (QED) is 0.771. The molecule has 2 rings (SSSR count). The van der Waals surface area contributed by atoms with Crippen molar-refractivity contribution in [3.8, 4) is 0 Å². The predicted octanol–water partition coefficient (Wildman–Crippen LogP) is 4.15. The first-order valence-electron chi connectivity index (χ1n) is 9.86. The molecule has 0 bridgehead atoms. The highest BCUT2D eigenvalue weighted by atomic mass is 16.5. The van der Waals surface area contributed by atoms with Crippen LogP contribution in [0.2, 0.25) is 0 Å². The van der Waals surface area contributed by atoms with Crippen LogP contribution in [-0.4, -0.2) is 34.6 Å². The van der Waals surface area contributed by atoms with Gasteiger partial charge in [0.2, 0.25) is 0 Å². The van der Waals surface area contributed by atoms with Crippen LogP contribution in [0.4, 0.5) is 0 Å². The zero-order chi connectivity index (χ0) is 17.0. The first kappa shape index (κ1) is 19.2. The monoisotopic (exact) mass is 326 g/mol. The first-order chi connectivity index (χ1) is 10.8. The fourth-order valence-electron chi connectivity index (χ4n) is 4.65. The van der Waals surface area contributed by atoms with E-state index in [1.165, 1.54) is 0 Å². The van der Waals surface area contributed by atoms with Gasteiger partial charge in [0.05, 0.1) is 24.4 Å². The fourth-order valence-corrected chi connectivity index (χ4v) is 4.65. The summed E-state index contributed by atoms with van der Waals surface area (Å²) in [4.78, 5) is 0. The second kappa shape index (κ2) is 8.82. The summed E-state index contributed by atoms with van der Waals surface area (Å²) in [7, 11) is 0. The SMILES string of the molecule is CC(C)CC1CC(OC2CCC(O)C(CC(C)C)C2)CCC1O. The Morgan fingerprint density at radius 2 is 1.13 bits per heavy atom. The molecular weight excluding hydrogens is 288 g/mol. The van der Waals surface area contributed by atoms with Gasteiger partial charge in [-0.3, -0.25) is 0 Å². The second-order valence-electron chi connectivity index (χ2n) is 8.92. The van der Waals surface area contributed by atoms with Gasteiger partial charge in [0, 0.05) is 0 Å². The summed E-state index contributed by atoms with van der Waals surface area (Å²) < 4.78 is 6.43. The molecule has 3 heteroatoms. The topological polar surface area (TPSA) is 49.7 Å². The summed E-state index contributed by atoms with van der Waals surface area (Å²) >= 11 is 0. The Hall–Kier alpha value is -0.120. The zero-order valence-electron chi connectivity index (χ0n) is 15.6. The third kappa shape index (κ3) is 6.03. The molecule has 0 aromatic heterocycles. The molecule has 0 aromatic rings. The molecule has 6 unspecified atom stereocenters. The van der Waals surface area contributed by atoms with E-state index in [-0.39, 0.29) is 12.2 Å². The maximum absolute atomic E-state index is 10.2. The average Bonchev–Trinajstić information content (AvgIpc) is 2.45. The van der Waals surface area contributed by atoms with E-state index in [0.29, 0.717) is 35.9 Å². The lowest BCUT2D eigenvalue weighted by molar-refractivity contribution is -0.103. The van der Waals surface area contributed by atoms with E-state index in [4.69, 9.17) is 4.74 Å². The maximum atomic E-state index is 10.2. The van der Waals surface area contributed by atoms with Crippen molar-refractivity contribution in [3.05, 3.63) is 0 Å². The van der Waals surface area contributed by atoms with Crippen LogP contribution in [0.15, 0.2) is 0 Å². The number of rotatable bonds is 6. The van der Waals surface area contributed by atoms with Crippen molar-refractivity contribution in [2.24, 2.45) is 23.7 Å². The van der Waals surface area contributed by atoms with E-state index in [2.05, 4.69) is 27.7 Å². The highest BCUT2D eigenvalue weighted by Gasteiger charge is 2.35. The van der Waals surface area contributed by atoms with Gasteiger partial charge in [-0.05, 0) is 75.0 Å². The summed E-state index contributed by atoms with van der Waals surface area (Å²) in [6.45, 7) is 8.93. The van der Waals surface area contributed by atoms with Crippen LogP contribution in [0.3, 0.4) is 0 Å². The molecule has 0 amide bonds. The van der Waals surface area contributed by atoms with Crippen molar-refractivity contribution >= 4 is 0 Å². The number of hydrogen-bond donors (Lipinski definition) is 2. The lowest BCUT2D eigenvalue weighted by atomic mass is 9.78. The van der Waals surface area contributed by atoms with Gasteiger partial charge in [-0.1, -0.05) is 27.7 Å². The zero-order valence-corrected chi connectivity index (χ0v) is 15.6. The Bertz CT molecular complexity index is 310. The minimum atomic E-state index is -0.140. The van der Waals surface area contributed by atoms with E-state index in [1.807, 2.05) is 0 Å². The molecule has 23 heavy (non-hydrogen) atoms. The van der Waals surface area contributed by atoms with Gasteiger partial charge in [-0.25, -0.2) is 0 Å². The Morgan fingerprint density at radius 1 is 0.739 bits per heavy atom. The van der Waals surface area contributed by atoms with Crippen molar-refractivity contribution < 1.29 is 14.9 Å². The molecule has 2 saturated carbocycles. The van der Waals surface area contributed by atoms with Crippen LogP contribution in [0, 0.1) is 23.7 Å². The average molecular weight is 327 g/mol. The van der Waals surface area contributed by atoms with E-state index >= 15 is 0 Å². The van der Waals surface area contributed by atoms with Crippen LogP contribution in [0.25, 0.3) is 0 Å². The van der Waals surface area contributed by atoms with E-state index in [1.54, 1.807) is 0 Å². The van der Waals surface area contributed by atoms with Crippen LogP contribution in [-0.2, 0) is 4.74 Å². The molecule has 2 aliphatic carbocycles. The van der Waals surface area contributed by atoms with Gasteiger partial charge < -0.3 is 14.9 Å². The first-order valence-corrected chi connectivity index (χ1v) is 9.86. The molecule has 136 valence electrons. The number of aliphatic hydroxyl groups is 2. The molecule has 3 nitrogen and oxygen atoms in total. The van der Waals surface area contributed by atoms with E-state index in [0.717, 1.165) is 51.4 Å². The van der Waals surface area contributed by atoms with E-state index in [9.17, 15) is 10.2 Å². The molecule has 0 radical (unpaired) electrons. The molecule has 0 aromatic carbocycles. The standard InChI is InChI=1S/C20H38O3/c1-13(2)9-15-11-17(5-7-19(15)21)23-18-6-8-20(22)16(12-18)10-14(3)4/h13-22H,5-12H2,1-4H3. The molecule has 0 aliphatic heterocycles. The minimum Gasteiger partial charge on any atom is -0.393 e. The fraction of sp³-hybridized carbons (Fsp3) is 1.00. The smallest absolute Gasteiger partial charge is 0.0583 e. The van der Waals surface area contributed by atoms with Crippen LogP contribution in [0.1, 0.15) is 79.1 Å². The van der Waals surface area contributed by atoms with Crippen molar-refractivity contribution in [2.75, 3.05) is 0 Å². The van der Waals surface area contributed by atoms with E-state index < -0.39 is 0 Å². The van der Waals surface area contributed by atoms with Gasteiger partial charge >= 0.3 is 0 Å². The van der Waals surface area contributed by atoms with Crippen molar-refractivity contribution in [3.63, 3.8) is 0 Å². The maximum Gasteiger partial charge on any atom is 0.0583 e. The molecule has 2 N–H and O–H groups in total. The molecular formula is C20H38O3. The summed E-state index contributed by atoms with van der Waals surface area (Å²) in [5.74, 6) is 2.06. The Morgan fingerprint density at radius 3 is 1.48 bits per heavy atom. The molecule has 6 atom stereocenters. The number of hydrogen-bond acceptors (Lipinski definition) is 3. The van der Waals surface area contributed by atoms with Gasteiger partial charge in [-0.2, -0.15) is 0 Å². The highest BCUT2D eigenvalue weighted by Crippen LogP contribution is 2.36. The predicted molar refractivity (Wildman–Crippen MR) is 94.3 cm³/mol. The second-order valence-corrected chi connectivity index (χ2v) is 8.92. The normalized spacial score (nSPS) is 39.1. The molecule has 2 fully saturated rings. The van der Waals surface area contributed by atoms with Gasteiger partial charge in [0.15, 0.2) is 0 Å². The Balaban J connectivity index is 1.83. The summed E-state index contributed by atoms with van der Waals surface area (Å²) in [6, 6.07) is 0. The number of aliphatic hydroxyl groups excluding tert-OH is 2. The van der Waals surface area contributed by atoms with Crippen molar-refractivity contribution in [2.45, 2.75) is 103 Å². The molecule has 2 aliphatic rings. The highest BCUT2D eigenvalue weighted by molar-refractivity contribution is 4.85. The van der Waals surface area contributed by atoms with Crippen molar-refractivity contribution in [1.82, 2.24) is 0 Å². The summed E-state index contributed by atoms with van der Waals surface area (Å²) in [5.41, 5.74) is 0. The number of ether oxygens (including phenoxy) is 1. The molecule has 0 heterocycles. The minimum absolute atomic E-state index is 0.140. The van der Waals surface area contributed by atoms with Crippen molar-refractivity contribution in [1.29, 1.82) is 0 Å².